The number of rotatable bonds is 4. The van der Waals surface area contributed by atoms with Gasteiger partial charge in [0, 0.05) is 16.7 Å². The lowest BCUT2D eigenvalue weighted by molar-refractivity contribution is 0.0702. The molecule has 1 aliphatic heterocycles. The normalized spacial score (nSPS) is 16.8. The van der Waals surface area contributed by atoms with Crippen LogP contribution in [0, 0.1) is 0 Å². The number of nitrogens with one attached hydrogen (secondary N) is 2. The standard InChI is InChI=1S/C13H14N4O3S2/c14-13-16-10-9(11(18)17-13)22-7(5-15-10)2-1-6-3-4-8(21-6)12(19)20/h3-4,7H,1-2,5H2,(H,19,20)(H4,14,15,16,17,18)/t7-/m1/s1. The minimum absolute atomic E-state index is 0.107. The number of aryl methyl sites for hydroxylation is 1. The number of thioether (sulfide) groups is 1. The number of H-pyrrole nitrogens is 1. The lowest BCUT2D eigenvalue weighted by atomic mass is 10.2. The number of carbonyl (C=O) groups is 1. The first kappa shape index (κ1) is 14.9. The van der Waals surface area contributed by atoms with Gasteiger partial charge in [0.25, 0.3) is 5.56 Å². The second kappa shape index (κ2) is 6.01. The molecule has 0 saturated heterocycles. The number of carboxylic acids is 1. The smallest absolute Gasteiger partial charge is 0.345 e. The van der Waals surface area contributed by atoms with E-state index in [2.05, 4.69) is 15.3 Å². The topological polar surface area (TPSA) is 121 Å². The molecule has 5 N–H and O–H groups in total. The Balaban J connectivity index is 1.65. The Bertz CT molecular complexity index is 771. The van der Waals surface area contributed by atoms with E-state index in [4.69, 9.17) is 10.8 Å². The molecule has 9 heteroatoms. The van der Waals surface area contributed by atoms with E-state index in [0.29, 0.717) is 22.1 Å². The molecular weight excluding hydrogens is 324 g/mol. The highest BCUT2D eigenvalue weighted by Gasteiger charge is 2.23. The molecular formula is C13H14N4O3S2. The Morgan fingerprint density at radius 1 is 1.50 bits per heavy atom. The zero-order chi connectivity index (χ0) is 15.7. The van der Waals surface area contributed by atoms with E-state index in [0.717, 1.165) is 17.7 Å². The second-order valence-electron chi connectivity index (χ2n) is 4.86. The molecule has 0 fully saturated rings. The van der Waals surface area contributed by atoms with Crippen LogP contribution in [-0.4, -0.2) is 32.8 Å². The van der Waals surface area contributed by atoms with Crippen LogP contribution < -0.4 is 16.6 Å². The predicted octanol–water partition coefficient (Wildman–Crippen LogP) is 1.63. The zero-order valence-electron chi connectivity index (χ0n) is 11.5. The minimum atomic E-state index is -0.894. The molecule has 22 heavy (non-hydrogen) atoms. The van der Waals surface area contributed by atoms with Gasteiger partial charge in [-0.2, -0.15) is 4.98 Å². The molecule has 0 aromatic carbocycles. The van der Waals surface area contributed by atoms with Crippen molar-refractivity contribution in [3.05, 3.63) is 32.2 Å². The van der Waals surface area contributed by atoms with Gasteiger partial charge in [-0.15, -0.1) is 23.1 Å². The second-order valence-corrected chi connectivity index (χ2v) is 7.34. The summed E-state index contributed by atoms with van der Waals surface area (Å²) in [4.78, 5) is 31.3. The van der Waals surface area contributed by atoms with Crippen molar-refractivity contribution in [1.82, 2.24) is 9.97 Å². The van der Waals surface area contributed by atoms with Gasteiger partial charge in [0.2, 0.25) is 5.95 Å². The number of fused-ring (bicyclic) bond motifs is 1. The van der Waals surface area contributed by atoms with Gasteiger partial charge in [0.15, 0.2) is 0 Å². The number of nitrogens with zero attached hydrogens (tertiary/aromatic N) is 1. The zero-order valence-corrected chi connectivity index (χ0v) is 13.1. The van der Waals surface area contributed by atoms with Gasteiger partial charge in [0.05, 0.1) is 0 Å². The number of aromatic nitrogens is 2. The summed E-state index contributed by atoms with van der Waals surface area (Å²) >= 11 is 2.78. The Kier molecular flexibility index (Phi) is 4.08. The van der Waals surface area contributed by atoms with Crippen LogP contribution in [0.1, 0.15) is 21.0 Å². The number of aromatic carboxylic acids is 1. The van der Waals surface area contributed by atoms with Gasteiger partial charge in [-0.05, 0) is 25.0 Å². The largest absolute Gasteiger partial charge is 0.477 e. The van der Waals surface area contributed by atoms with E-state index >= 15 is 0 Å². The fraction of sp³-hybridized carbons (Fsp3) is 0.308. The molecule has 0 unspecified atom stereocenters. The lowest BCUT2D eigenvalue weighted by Crippen LogP contribution is -2.28. The molecule has 2 aromatic heterocycles. The number of nitrogens with two attached hydrogens (primary N) is 1. The first-order valence-electron chi connectivity index (χ1n) is 6.65. The van der Waals surface area contributed by atoms with Gasteiger partial charge in [-0.3, -0.25) is 9.78 Å². The summed E-state index contributed by atoms with van der Waals surface area (Å²) in [5, 5.41) is 12.3. The molecule has 0 amide bonds. The van der Waals surface area contributed by atoms with E-state index in [9.17, 15) is 9.59 Å². The maximum atomic E-state index is 11.9. The molecule has 0 spiro atoms. The molecule has 0 radical (unpaired) electrons. The quantitative estimate of drug-likeness (QED) is 0.668. The van der Waals surface area contributed by atoms with Crippen LogP contribution in [0.4, 0.5) is 11.8 Å². The first-order valence-corrected chi connectivity index (χ1v) is 8.35. The van der Waals surface area contributed by atoms with Crippen molar-refractivity contribution in [2.75, 3.05) is 17.6 Å². The van der Waals surface area contributed by atoms with Crippen LogP contribution in [-0.2, 0) is 6.42 Å². The fourth-order valence-corrected chi connectivity index (χ4v) is 4.20. The van der Waals surface area contributed by atoms with Crippen molar-refractivity contribution in [2.24, 2.45) is 0 Å². The van der Waals surface area contributed by atoms with Crippen molar-refractivity contribution < 1.29 is 9.90 Å². The predicted molar refractivity (Wildman–Crippen MR) is 87.0 cm³/mol. The Morgan fingerprint density at radius 3 is 3.05 bits per heavy atom. The summed E-state index contributed by atoms with van der Waals surface area (Å²) in [6.45, 7) is 0.699. The molecule has 0 bridgehead atoms. The minimum Gasteiger partial charge on any atom is -0.477 e. The van der Waals surface area contributed by atoms with E-state index in [-0.39, 0.29) is 16.8 Å². The van der Waals surface area contributed by atoms with Crippen LogP contribution >= 0.6 is 23.1 Å². The van der Waals surface area contributed by atoms with Gasteiger partial charge in [0.1, 0.15) is 15.6 Å². The Morgan fingerprint density at radius 2 is 2.32 bits per heavy atom. The summed E-state index contributed by atoms with van der Waals surface area (Å²) in [7, 11) is 0. The summed E-state index contributed by atoms with van der Waals surface area (Å²) in [5.41, 5.74) is 5.29. The molecule has 0 aliphatic carbocycles. The number of hydrogen-bond acceptors (Lipinski definition) is 7. The van der Waals surface area contributed by atoms with Gasteiger partial charge in [-0.25, -0.2) is 4.79 Å². The summed E-state index contributed by atoms with van der Waals surface area (Å²) in [6, 6.07) is 3.47. The maximum absolute atomic E-state index is 11.9. The van der Waals surface area contributed by atoms with Crippen molar-refractivity contribution in [1.29, 1.82) is 0 Å². The Hall–Kier alpha value is -2.00. The molecule has 7 nitrogen and oxygen atoms in total. The number of hydrogen-bond donors (Lipinski definition) is 4. The fourth-order valence-electron chi connectivity index (χ4n) is 2.22. The number of anilines is 2. The number of thiophene rings is 1. The average Bonchev–Trinajstić information content (AvgIpc) is 2.94. The highest BCUT2D eigenvalue weighted by atomic mass is 32.2. The van der Waals surface area contributed by atoms with E-state index in [1.54, 1.807) is 6.07 Å². The molecule has 0 saturated carbocycles. The van der Waals surface area contributed by atoms with Crippen molar-refractivity contribution in [3.8, 4) is 0 Å². The number of nitrogen functional groups attached to an aromatic ring is 1. The number of aromatic amines is 1. The monoisotopic (exact) mass is 338 g/mol. The highest BCUT2D eigenvalue weighted by Crippen LogP contribution is 2.33. The lowest BCUT2D eigenvalue weighted by Gasteiger charge is -2.23. The average molecular weight is 338 g/mol. The van der Waals surface area contributed by atoms with Crippen LogP contribution in [0.25, 0.3) is 0 Å². The third kappa shape index (κ3) is 3.09. The van der Waals surface area contributed by atoms with Gasteiger partial charge < -0.3 is 16.2 Å². The summed E-state index contributed by atoms with van der Waals surface area (Å²) in [6.07, 6.45) is 1.63. The van der Waals surface area contributed by atoms with Crippen molar-refractivity contribution >= 4 is 40.8 Å². The third-order valence-electron chi connectivity index (χ3n) is 3.26. The van der Waals surface area contributed by atoms with Gasteiger partial charge in [-0.1, -0.05) is 0 Å². The van der Waals surface area contributed by atoms with E-state index in [1.165, 1.54) is 23.1 Å². The van der Waals surface area contributed by atoms with Crippen LogP contribution in [0.5, 0.6) is 0 Å². The molecule has 3 rings (SSSR count). The van der Waals surface area contributed by atoms with Crippen molar-refractivity contribution in [3.63, 3.8) is 0 Å². The van der Waals surface area contributed by atoms with E-state index in [1.807, 2.05) is 6.07 Å². The first-order chi connectivity index (χ1) is 10.5. The SMILES string of the molecule is Nc1nc2c(c(=O)[nH]1)S[C@H](CCc1ccc(C(=O)O)s1)CN2. The summed E-state index contributed by atoms with van der Waals surface area (Å²) < 4.78 is 0. The van der Waals surface area contributed by atoms with Crippen molar-refractivity contribution in [2.45, 2.75) is 23.0 Å². The molecule has 116 valence electrons. The molecule has 3 heterocycles. The maximum Gasteiger partial charge on any atom is 0.345 e. The highest BCUT2D eigenvalue weighted by molar-refractivity contribution is 8.00. The van der Waals surface area contributed by atoms with Crippen LogP contribution in [0.15, 0.2) is 21.8 Å². The number of carboxylic acid groups (broad SMARTS) is 1. The van der Waals surface area contributed by atoms with E-state index < -0.39 is 5.97 Å². The van der Waals surface area contributed by atoms with Crippen LogP contribution in [0.2, 0.25) is 0 Å². The Labute approximate surface area is 134 Å². The molecule has 1 aliphatic rings. The van der Waals surface area contributed by atoms with Crippen LogP contribution in [0.3, 0.4) is 0 Å². The molecule has 2 aromatic rings. The molecule has 1 atom stereocenters. The van der Waals surface area contributed by atoms with Gasteiger partial charge >= 0.3 is 5.97 Å². The summed E-state index contributed by atoms with van der Waals surface area (Å²) in [5.74, 6) is -0.254. The third-order valence-corrected chi connectivity index (χ3v) is 5.75.